The molecule has 0 unspecified atom stereocenters. The third-order valence-corrected chi connectivity index (χ3v) is 2.18. The van der Waals surface area contributed by atoms with Crippen LogP contribution < -0.4 is 0 Å². The summed E-state index contributed by atoms with van der Waals surface area (Å²) in [7, 11) is -4.36. The van der Waals surface area contributed by atoms with E-state index in [0.717, 1.165) is 18.2 Å². The van der Waals surface area contributed by atoms with E-state index in [9.17, 15) is 18.5 Å². The number of benzene rings is 1. The number of rotatable bonds is 2. The van der Waals surface area contributed by atoms with Crippen molar-refractivity contribution in [3.63, 3.8) is 0 Å². The summed E-state index contributed by atoms with van der Waals surface area (Å²) in [6.45, 7) is 0. The van der Waals surface area contributed by atoms with E-state index in [4.69, 9.17) is 4.55 Å². The molecule has 8 heteroatoms. The summed E-state index contributed by atoms with van der Waals surface area (Å²) < 4.78 is 29.6. The van der Waals surface area contributed by atoms with Gasteiger partial charge in [-0.15, -0.1) is 0 Å². The molecule has 1 aromatic rings. The molecule has 1 aromatic carbocycles. The van der Waals surface area contributed by atoms with Crippen LogP contribution in [-0.2, 0) is 10.1 Å². The van der Waals surface area contributed by atoms with E-state index in [1.54, 1.807) is 0 Å². The van der Waals surface area contributed by atoms with Crippen molar-refractivity contribution in [2.45, 2.75) is 4.90 Å². The van der Waals surface area contributed by atoms with Gasteiger partial charge in [0, 0.05) is 12.1 Å². The van der Waals surface area contributed by atoms with Crippen LogP contribution in [0.3, 0.4) is 0 Å². The van der Waals surface area contributed by atoms with Gasteiger partial charge in [-0.05, 0) is 6.07 Å². The predicted octanol–water partition coefficient (Wildman–Crippen LogP) is 0.193. The summed E-state index contributed by atoms with van der Waals surface area (Å²) in [5.74, 6) is 0. The van der Waals surface area contributed by atoms with Gasteiger partial charge in [0.15, 0.2) is 0 Å². The Morgan fingerprint density at radius 2 is 1.93 bits per heavy atom. The molecule has 0 aliphatic rings. The molecule has 0 fully saturated rings. The Hall–Kier alpha value is 0.166. The number of hydrogen-bond acceptors (Lipinski definition) is 4. The first-order valence-electron chi connectivity index (χ1n) is 3.13. The van der Waals surface area contributed by atoms with Crippen LogP contribution >= 0.6 is 0 Å². The van der Waals surface area contributed by atoms with Crippen molar-refractivity contribution in [2.75, 3.05) is 0 Å². The van der Waals surface area contributed by atoms with Crippen LogP contribution in [0.15, 0.2) is 29.2 Å². The average Bonchev–Trinajstić information content (AvgIpc) is 2.03. The molecule has 0 saturated carbocycles. The van der Waals surface area contributed by atoms with E-state index in [-0.39, 0.29) is 57.1 Å². The number of hydrogen-bond donors (Lipinski definition) is 1. The minimum absolute atomic E-state index is 0. The molecule has 0 bridgehead atoms. The summed E-state index contributed by atoms with van der Waals surface area (Å²) in [5, 5.41) is 10.2. The maximum absolute atomic E-state index is 10.5. The second-order valence-electron chi connectivity index (χ2n) is 2.23. The van der Waals surface area contributed by atoms with E-state index < -0.39 is 19.9 Å². The van der Waals surface area contributed by atoms with E-state index in [0.29, 0.717) is 0 Å². The van der Waals surface area contributed by atoms with Crippen molar-refractivity contribution in [3.05, 3.63) is 34.4 Å². The summed E-state index contributed by atoms with van der Waals surface area (Å²) in [6, 6.07) is 4.17. The van der Waals surface area contributed by atoms with Crippen LogP contribution in [0.5, 0.6) is 0 Å². The second-order valence-corrected chi connectivity index (χ2v) is 3.65. The first kappa shape index (κ1) is 14.2. The van der Waals surface area contributed by atoms with Crippen LogP contribution in [0.2, 0.25) is 0 Å². The van der Waals surface area contributed by atoms with Gasteiger partial charge in [0.1, 0.15) is 4.90 Å². The van der Waals surface area contributed by atoms with Crippen LogP contribution in [0.4, 0.5) is 5.69 Å². The molecule has 6 nitrogen and oxygen atoms in total. The SMILES string of the molecule is O=[N+]([O-])c1cccc(S(=O)(=O)O)c1.[KH]. The molecule has 0 atom stereocenters. The topological polar surface area (TPSA) is 97.5 Å². The van der Waals surface area contributed by atoms with Crippen LogP contribution in [-0.4, -0.2) is 69.3 Å². The van der Waals surface area contributed by atoms with Crippen molar-refractivity contribution < 1.29 is 17.9 Å². The van der Waals surface area contributed by atoms with Crippen molar-refractivity contribution >= 4 is 67.2 Å². The number of nitrogens with zero attached hydrogens (tertiary/aromatic N) is 1. The van der Waals surface area contributed by atoms with Gasteiger partial charge >= 0.3 is 51.4 Å². The summed E-state index contributed by atoms with van der Waals surface area (Å²) >= 11 is 0. The number of nitro groups is 1. The van der Waals surface area contributed by atoms with Gasteiger partial charge in [0.25, 0.3) is 15.8 Å². The van der Waals surface area contributed by atoms with Gasteiger partial charge in [-0.25, -0.2) is 0 Å². The van der Waals surface area contributed by atoms with E-state index in [1.165, 1.54) is 6.07 Å². The molecule has 1 N–H and O–H groups in total. The zero-order valence-electron chi connectivity index (χ0n) is 6.25. The quantitative estimate of drug-likeness (QED) is 0.346. The summed E-state index contributed by atoms with van der Waals surface area (Å²) in [4.78, 5) is 8.98. The number of nitro benzene ring substituents is 1. The third kappa shape index (κ3) is 3.73. The van der Waals surface area contributed by atoms with Gasteiger partial charge in [0.2, 0.25) is 0 Å². The Morgan fingerprint density at radius 1 is 1.36 bits per heavy atom. The van der Waals surface area contributed by atoms with E-state index in [1.807, 2.05) is 0 Å². The Bertz CT molecular complexity index is 443. The zero-order valence-corrected chi connectivity index (χ0v) is 7.06. The molecule has 0 amide bonds. The maximum atomic E-state index is 10.5. The van der Waals surface area contributed by atoms with Crippen molar-refractivity contribution in [3.8, 4) is 0 Å². The van der Waals surface area contributed by atoms with Gasteiger partial charge in [-0.3, -0.25) is 14.7 Å². The molecule has 0 aromatic heterocycles. The Labute approximate surface area is 123 Å². The molecule has 0 saturated heterocycles. The second kappa shape index (κ2) is 5.31. The molecule has 14 heavy (non-hydrogen) atoms. The minimum atomic E-state index is -4.36. The van der Waals surface area contributed by atoms with Crippen molar-refractivity contribution in [1.82, 2.24) is 0 Å². The van der Waals surface area contributed by atoms with Gasteiger partial charge in [0.05, 0.1) is 4.92 Å². The fourth-order valence-corrected chi connectivity index (χ4v) is 1.28. The summed E-state index contributed by atoms with van der Waals surface area (Å²) in [5.41, 5.74) is -0.380. The predicted molar refractivity (Wildman–Crippen MR) is 50.1 cm³/mol. The van der Waals surface area contributed by atoms with Crippen LogP contribution in [0, 0.1) is 10.1 Å². The van der Waals surface area contributed by atoms with Crippen LogP contribution in [0.1, 0.15) is 0 Å². The zero-order chi connectivity index (χ0) is 10.1. The fraction of sp³-hybridized carbons (Fsp3) is 0. The first-order valence-corrected chi connectivity index (χ1v) is 4.57. The van der Waals surface area contributed by atoms with Gasteiger partial charge in [-0.1, -0.05) is 6.07 Å². The molecule has 0 aliphatic carbocycles. The molecular weight excluding hydrogens is 237 g/mol. The molecule has 1 rings (SSSR count). The standard InChI is InChI=1S/C6H5NO5S.K.H/c8-7(9)5-2-1-3-6(4-5)13(10,11)12;;/h1-4H,(H,10,11,12);;. The molecule has 0 aliphatic heterocycles. The van der Waals surface area contributed by atoms with E-state index >= 15 is 0 Å². The molecule has 72 valence electrons. The van der Waals surface area contributed by atoms with Crippen molar-refractivity contribution in [2.24, 2.45) is 0 Å². The van der Waals surface area contributed by atoms with Gasteiger partial charge < -0.3 is 0 Å². The van der Waals surface area contributed by atoms with Crippen LogP contribution in [0.25, 0.3) is 0 Å². The summed E-state index contributed by atoms with van der Waals surface area (Å²) in [6.07, 6.45) is 0. The van der Waals surface area contributed by atoms with Crippen molar-refractivity contribution in [1.29, 1.82) is 0 Å². The van der Waals surface area contributed by atoms with E-state index in [2.05, 4.69) is 0 Å². The fourth-order valence-electron chi connectivity index (χ4n) is 0.758. The average molecular weight is 243 g/mol. The Balaban J connectivity index is 0.00000169. The number of non-ortho nitro benzene ring substituents is 1. The molecule has 0 spiro atoms. The monoisotopic (exact) mass is 243 g/mol. The Morgan fingerprint density at radius 3 is 2.36 bits per heavy atom. The normalized spacial score (nSPS) is 10.4. The molecule has 0 radical (unpaired) electrons. The Kier molecular flexibility index (Phi) is 5.37. The third-order valence-electron chi connectivity index (χ3n) is 1.33. The first-order chi connectivity index (χ1) is 5.91. The molecule has 0 heterocycles. The van der Waals surface area contributed by atoms with Gasteiger partial charge in [-0.2, -0.15) is 8.42 Å². The molecular formula is C6H6KNO5S.